The molecule has 0 saturated carbocycles. The van der Waals surface area contributed by atoms with Gasteiger partial charge in [0.25, 0.3) is 0 Å². The molecular formula is C8H8N2S. The number of aryl methyl sites for hydroxylation is 2. The van der Waals surface area contributed by atoms with Gasteiger partial charge in [-0.3, -0.25) is 0 Å². The predicted molar refractivity (Wildman–Crippen MR) is 46.9 cm³/mol. The number of fused-ring (bicyclic) bond motifs is 1. The summed E-state index contributed by atoms with van der Waals surface area (Å²) in [5, 5.41) is 0. The van der Waals surface area contributed by atoms with E-state index in [4.69, 9.17) is 0 Å². The van der Waals surface area contributed by atoms with Crippen molar-refractivity contribution in [2.45, 2.75) is 13.8 Å². The third-order valence-corrected chi connectivity index (χ3v) is 2.57. The van der Waals surface area contributed by atoms with E-state index < -0.39 is 0 Å². The van der Waals surface area contributed by atoms with Crippen LogP contribution in [0.25, 0.3) is 10.3 Å². The zero-order valence-electron chi connectivity index (χ0n) is 6.46. The van der Waals surface area contributed by atoms with Crippen molar-refractivity contribution in [3.8, 4) is 0 Å². The van der Waals surface area contributed by atoms with E-state index in [2.05, 4.69) is 23.0 Å². The lowest BCUT2D eigenvalue weighted by Gasteiger charge is -1.94. The summed E-state index contributed by atoms with van der Waals surface area (Å²) >= 11 is 1.65. The van der Waals surface area contributed by atoms with E-state index in [1.165, 1.54) is 10.3 Å². The summed E-state index contributed by atoms with van der Waals surface area (Å²) in [5.41, 5.74) is 5.04. The van der Waals surface area contributed by atoms with Crippen LogP contribution in [-0.4, -0.2) is 9.97 Å². The molecule has 2 nitrogen and oxygen atoms in total. The molecule has 0 aliphatic rings. The summed E-state index contributed by atoms with van der Waals surface area (Å²) in [4.78, 5) is 8.44. The average molecular weight is 164 g/mol. The lowest BCUT2D eigenvalue weighted by molar-refractivity contribution is 1.21. The van der Waals surface area contributed by atoms with Crippen molar-refractivity contribution in [3.05, 3.63) is 22.8 Å². The molecule has 0 unspecified atom stereocenters. The Balaban J connectivity index is 2.91. The molecule has 3 heteroatoms. The number of hydrogen-bond acceptors (Lipinski definition) is 3. The number of aromatic nitrogens is 2. The van der Waals surface area contributed by atoms with E-state index in [1.807, 2.05) is 12.4 Å². The van der Waals surface area contributed by atoms with Gasteiger partial charge in [0, 0.05) is 5.69 Å². The highest BCUT2D eigenvalue weighted by atomic mass is 32.1. The van der Waals surface area contributed by atoms with Crippen LogP contribution < -0.4 is 0 Å². The maximum Gasteiger partial charge on any atom is 0.170 e. The molecular weight excluding hydrogens is 156 g/mol. The molecule has 2 heterocycles. The molecule has 11 heavy (non-hydrogen) atoms. The first-order valence-corrected chi connectivity index (χ1v) is 4.33. The zero-order valence-corrected chi connectivity index (χ0v) is 7.27. The molecule has 0 saturated heterocycles. The Morgan fingerprint density at radius 2 is 2.18 bits per heavy atom. The lowest BCUT2D eigenvalue weighted by Crippen LogP contribution is -1.83. The van der Waals surface area contributed by atoms with Crippen molar-refractivity contribution in [2.24, 2.45) is 0 Å². The monoisotopic (exact) mass is 164 g/mol. The van der Waals surface area contributed by atoms with Crippen LogP contribution in [0.15, 0.2) is 11.6 Å². The van der Waals surface area contributed by atoms with Gasteiger partial charge in [-0.05, 0) is 25.5 Å². The molecule has 0 spiro atoms. The lowest BCUT2D eigenvalue weighted by atomic mass is 10.2. The molecule has 2 aromatic heterocycles. The van der Waals surface area contributed by atoms with E-state index in [0.717, 1.165) is 11.3 Å². The second kappa shape index (κ2) is 2.27. The molecule has 0 bridgehead atoms. The average Bonchev–Trinajstić information content (AvgIpc) is 2.34. The Morgan fingerprint density at radius 1 is 1.36 bits per heavy atom. The van der Waals surface area contributed by atoms with Crippen LogP contribution in [0.3, 0.4) is 0 Å². The second-order valence-corrected chi connectivity index (χ2v) is 3.44. The fourth-order valence-corrected chi connectivity index (χ4v) is 1.87. The number of rotatable bonds is 0. The molecule has 0 aromatic carbocycles. The maximum absolute atomic E-state index is 4.30. The summed E-state index contributed by atoms with van der Waals surface area (Å²) in [7, 11) is 0. The number of hydrogen-bond donors (Lipinski definition) is 0. The van der Waals surface area contributed by atoms with Crippen molar-refractivity contribution in [1.29, 1.82) is 0 Å². The van der Waals surface area contributed by atoms with Crippen LogP contribution in [0.4, 0.5) is 0 Å². The molecule has 2 rings (SSSR count). The van der Waals surface area contributed by atoms with Gasteiger partial charge >= 0.3 is 0 Å². The molecule has 0 aliphatic carbocycles. The molecule has 0 atom stereocenters. The van der Waals surface area contributed by atoms with Gasteiger partial charge in [-0.15, -0.1) is 11.3 Å². The number of thiazole rings is 1. The molecule has 56 valence electrons. The Labute approximate surface area is 68.9 Å². The summed E-state index contributed by atoms with van der Waals surface area (Å²) in [6, 6.07) is 2.08. The largest absolute Gasteiger partial charge is 0.233 e. The first kappa shape index (κ1) is 6.73. The Morgan fingerprint density at radius 3 is 3.00 bits per heavy atom. The van der Waals surface area contributed by atoms with Gasteiger partial charge in [0.2, 0.25) is 0 Å². The van der Waals surface area contributed by atoms with Gasteiger partial charge in [0.05, 0.1) is 10.2 Å². The van der Waals surface area contributed by atoms with Crippen molar-refractivity contribution >= 4 is 21.7 Å². The van der Waals surface area contributed by atoms with Crippen molar-refractivity contribution < 1.29 is 0 Å². The molecule has 0 N–H and O–H groups in total. The van der Waals surface area contributed by atoms with Gasteiger partial charge in [-0.2, -0.15) is 0 Å². The zero-order chi connectivity index (χ0) is 7.84. The van der Waals surface area contributed by atoms with E-state index in [9.17, 15) is 0 Å². The molecule has 2 aromatic rings. The third kappa shape index (κ3) is 1.01. The fraction of sp³-hybridized carbons (Fsp3) is 0.250. The first-order chi connectivity index (χ1) is 5.27. The molecule has 0 amide bonds. The quantitative estimate of drug-likeness (QED) is 0.597. The van der Waals surface area contributed by atoms with Crippen LogP contribution in [0.2, 0.25) is 0 Å². The summed E-state index contributed by atoms with van der Waals surface area (Å²) in [6.45, 7) is 4.08. The Hall–Kier alpha value is -0.960. The minimum absolute atomic E-state index is 0.882. The van der Waals surface area contributed by atoms with Crippen molar-refractivity contribution in [3.63, 3.8) is 0 Å². The fourth-order valence-electron chi connectivity index (χ4n) is 1.17. The normalized spacial score (nSPS) is 10.7. The summed E-state index contributed by atoms with van der Waals surface area (Å²) < 4.78 is 1.20. The van der Waals surface area contributed by atoms with Crippen LogP contribution in [0, 0.1) is 13.8 Å². The Kier molecular flexibility index (Phi) is 1.39. The van der Waals surface area contributed by atoms with E-state index in [1.54, 1.807) is 11.3 Å². The standard InChI is InChI=1S/C8H8N2S/c1-5-3-6(2)10-8-7(5)11-4-9-8/h3-4H,1-2H3. The third-order valence-electron chi connectivity index (χ3n) is 1.61. The van der Waals surface area contributed by atoms with Crippen LogP contribution in [0.5, 0.6) is 0 Å². The Bertz CT molecular complexity index is 392. The minimum Gasteiger partial charge on any atom is -0.233 e. The summed E-state index contributed by atoms with van der Waals surface area (Å²) in [6.07, 6.45) is 0. The second-order valence-electron chi connectivity index (χ2n) is 2.59. The predicted octanol–water partition coefficient (Wildman–Crippen LogP) is 2.31. The van der Waals surface area contributed by atoms with Crippen LogP contribution in [0.1, 0.15) is 11.3 Å². The molecule has 0 radical (unpaired) electrons. The smallest absolute Gasteiger partial charge is 0.170 e. The van der Waals surface area contributed by atoms with Gasteiger partial charge in [-0.25, -0.2) is 9.97 Å². The van der Waals surface area contributed by atoms with Crippen LogP contribution >= 0.6 is 11.3 Å². The topological polar surface area (TPSA) is 25.8 Å². The van der Waals surface area contributed by atoms with Crippen LogP contribution in [-0.2, 0) is 0 Å². The highest BCUT2D eigenvalue weighted by Gasteiger charge is 2.01. The molecule has 0 fully saturated rings. The number of nitrogens with zero attached hydrogens (tertiary/aromatic N) is 2. The van der Waals surface area contributed by atoms with E-state index >= 15 is 0 Å². The maximum atomic E-state index is 4.30. The van der Waals surface area contributed by atoms with E-state index in [0.29, 0.717) is 0 Å². The van der Waals surface area contributed by atoms with E-state index in [-0.39, 0.29) is 0 Å². The first-order valence-electron chi connectivity index (χ1n) is 3.45. The van der Waals surface area contributed by atoms with Gasteiger partial charge in [0.15, 0.2) is 5.65 Å². The van der Waals surface area contributed by atoms with Gasteiger partial charge in [-0.1, -0.05) is 0 Å². The minimum atomic E-state index is 0.882. The van der Waals surface area contributed by atoms with Gasteiger partial charge < -0.3 is 0 Å². The van der Waals surface area contributed by atoms with Gasteiger partial charge in [0.1, 0.15) is 0 Å². The van der Waals surface area contributed by atoms with Crippen molar-refractivity contribution in [2.75, 3.05) is 0 Å². The summed E-state index contributed by atoms with van der Waals surface area (Å²) in [5.74, 6) is 0. The SMILES string of the molecule is Cc1cc(C)c2scnc2n1. The van der Waals surface area contributed by atoms with Crippen molar-refractivity contribution in [1.82, 2.24) is 9.97 Å². The molecule has 0 aliphatic heterocycles. The number of pyridine rings is 1. The highest BCUT2D eigenvalue weighted by Crippen LogP contribution is 2.20. The highest BCUT2D eigenvalue weighted by molar-refractivity contribution is 7.16.